The van der Waals surface area contributed by atoms with Crippen molar-refractivity contribution < 1.29 is 4.74 Å². The molecule has 0 spiro atoms. The van der Waals surface area contributed by atoms with Crippen LogP contribution >= 0.6 is 0 Å². The molecule has 2 N–H and O–H groups in total. The Morgan fingerprint density at radius 3 is 2.93 bits per heavy atom. The van der Waals surface area contributed by atoms with Crippen molar-refractivity contribution >= 4 is 16.6 Å². The van der Waals surface area contributed by atoms with Gasteiger partial charge in [-0.25, -0.2) is 0 Å². The van der Waals surface area contributed by atoms with Gasteiger partial charge in [-0.3, -0.25) is 0 Å². The third kappa shape index (κ3) is 1.83. The first-order chi connectivity index (χ1) is 7.22. The van der Waals surface area contributed by atoms with Crippen LogP contribution in [0, 0.1) is 0 Å². The van der Waals surface area contributed by atoms with Crippen LogP contribution in [0.15, 0.2) is 30.5 Å². The Morgan fingerprint density at radius 2 is 2.20 bits per heavy atom. The second kappa shape index (κ2) is 3.95. The highest BCUT2D eigenvalue weighted by atomic mass is 16.5. The van der Waals surface area contributed by atoms with Crippen LogP contribution in [-0.4, -0.2) is 18.3 Å². The van der Waals surface area contributed by atoms with Crippen LogP contribution in [0.3, 0.4) is 0 Å². The standard InChI is InChI=1S/C12H16N2O/c1-9(8-15-2)14-6-5-10-7-11(13)3-4-12(10)14/h3-7,9H,8,13H2,1-2H3. The van der Waals surface area contributed by atoms with Gasteiger partial charge < -0.3 is 15.0 Å². The van der Waals surface area contributed by atoms with E-state index in [1.54, 1.807) is 7.11 Å². The molecule has 0 bridgehead atoms. The fourth-order valence-corrected chi connectivity index (χ4v) is 1.89. The Hall–Kier alpha value is -1.48. The minimum absolute atomic E-state index is 0.344. The number of hydrogen-bond donors (Lipinski definition) is 1. The van der Waals surface area contributed by atoms with Crippen molar-refractivity contribution in [1.82, 2.24) is 4.57 Å². The second-order valence-electron chi connectivity index (χ2n) is 3.85. The molecule has 0 saturated heterocycles. The van der Waals surface area contributed by atoms with Gasteiger partial charge in [0, 0.05) is 29.9 Å². The van der Waals surface area contributed by atoms with Crippen molar-refractivity contribution in [2.75, 3.05) is 19.5 Å². The molecule has 0 saturated carbocycles. The van der Waals surface area contributed by atoms with Gasteiger partial charge in [0.15, 0.2) is 0 Å². The lowest BCUT2D eigenvalue weighted by atomic mass is 10.2. The number of benzene rings is 1. The lowest BCUT2D eigenvalue weighted by Gasteiger charge is -2.14. The summed E-state index contributed by atoms with van der Waals surface area (Å²) in [5.74, 6) is 0. The van der Waals surface area contributed by atoms with Gasteiger partial charge in [0.1, 0.15) is 0 Å². The molecule has 0 aliphatic rings. The number of anilines is 1. The SMILES string of the molecule is COCC(C)n1ccc2cc(N)ccc21. The van der Waals surface area contributed by atoms with E-state index in [4.69, 9.17) is 10.5 Å². The molecule has 1 aromatic carbocycles. The highest BCUT2D eigenvalue weighted by Crippen LogP contribution is 2.22. The molecule has 1 atom stereocenters. The number of rotatable bonds is 3. The van der Waals surface area contributed by atoms with E-state index in [9.17, 15) is 0 Å². The topological polar surface area (TPSA) is 40.2 Å². The van der Waals surface area contributed by atoms with E-state index >= 15 is 0 Å². The van der Waals surface area contributed by atoms with Crippen molar-refractivity contribution in [2.45, 2.75) is 13.0 Å². The van der Waals surface area contributed by atoms with Gasteiger partial charge in [-0.15, -0.1) is 0 Å². The summed E-state index contributed by atoms with van der Waals surface area (Å²) in [6.45, 7) is 2.85. The van der Waals surface area contributed by atoms with E-state index in [2.05, 4.69) is 29.8 Å². The summed E-state index contributed by atoms with van der Waals surface area (Å²) in [6, 6.07) is 8.40. The van der Waals surface area contributed by atoms with Crippen LogP contribution in [-0.2, 0) is 4.74 Å². The number of aromatic nitrogens is 1. The van der Waals surface area contributed by atoms with E-state index in [0.29, 0.717) is 12.6 Å². The van der Waals surface area contributed by atoms with E-state index in [-0.39, 0.29) is 0 Å². The third-order valence-electron chi connectivity index (χ3n) is 2.63. The summed E-state index contributed by atoms with van der Waals surface area (Å²) >= 11 is 0. The number of fused-ring (bicyclic) bond motifs is 1. The third-order valence-corrected chi connectivity index (χ3v) is 2.63. The Kier molecular flexibility index (Phi) is 2.64. The zero-order valence-corrected chi connectivity index (χ0v) is 9.10. The van der Waals surface area contributed by atoms with Gasteiger partial charge in [-0.1, -0.05) is 0 Å². The molecule has 80 valence electrons. The summed E-state index contributed by atoms with van der Waals surface area (Å²) in [6.07, 6.45) is 2.08. The maximum absolute atomic E-state index is 5.73. The molecule has 3 nitrogen and oxygen atoms in total. The highest BCUT2D eigenvalue weighted by Gasteiger charge is 2.07. The van der Waals surface area contributed by atoms with Gasteiger partial charge in [-0.2, -0.15) is 0 Å². The molecule has 0 radical (unpaired) electrons. The Balaban J connectivity index is 2.44. The number of nitrogen functional groups attached to an aromatic ring is 1. The van der Waals surface area contributed by atoms with Crippen molar-refractivity contribution in [3.8, 4) is 0 Å². The van der Waals surface area contributed by atoms with Gasteiger partial charge >= 0.3 is 0 Å². The van der Waals surface area contributed by atoms with Crippen molar-refractivity contribution in [3.63, 3.8) is 0 Å². The minimum Gasteiger partial charge on any atom is -0.399 e. The van der Waals surface area contributed by atoms with Crippen molar-refractivity contribution in [2.24, 2.45) is 0 Å². The maximum atomic E-state index is 5.73. The first kappa shape index (κ1) is 10.1. The molecule has 0 aliphatic carbocycles. The molecule has 0 aliphatic heterocycles. The molecular weight excluding hydrogens is 188 g/mol. The predicted octanol–water partition coefficient (Wildman–Crippen LogP) is 2.43. The first-order valence-corrected chi connectivity index (χ1v) is 5.07. The van der Waals surface area contributed by atoms with E-state index in [1.165, 1.54) is 10.9 Å². The Morgan fingerprint density at radius 1 is 1.40 bits per heavy atom. The molecule has 0 amide bonds. The summed E-state index contributed by atoms with van der Waals surface area (Å²) in [5.41, 5.74) is 7.74. The fourth-order valence-electron chi connectivity index (χ4n) is 1.89. The summed E-state index contributed by atoms with van der Waals surface area (Å²) in [4.78, 5) is 0. The summed E-state index contributed by atoms with van der Waals surface area (Å²) in [7, 11) is 1.72. The first-order valence-electron chi connectivity index (χ1n) is 5.07. The summed E-state index contributed by atoms with van der Waals surface area (Å²) in [5, 5.41) is 1.18. The fraction of sp³-hybridized carbons (Fsp3) is 0.333. The van der Waals surface area contributed by atoms with Crippen molar-refractivity contribution in [3.05, 3.63) is 30.5 Å². The normalized spacial score (nSPS) is 13.2. The predicted molar refractivity (Wildman–Crippen MR) is 62.9 cm³/mol. The van der Waals surface area contributed by atoms with E-state index < -0.39 is 0 Å². The van der Waals surface area contributed by atoms with Crippen LogP contribution in [0.2, 0.25) is 0 Å². The summed E-state index contributed by atoms with van der Waals surface area (Å²) < 4.78 is 7.36. The van der Waals surface area contributed by atoms with E-state index in [0.717, 1.165) is 5.69 Å². The molecular formula is C12H16N2O. The number of hydrogen-bond acceptors (Lipinski definition) is 2. The molecule has 1 aromatic heterocycles. The number of ether oxygens (including phenoxy) is 1. The molecule has 1 unspecified atom stereocenters. The average molecular weight is 204 g/mol. The number of methoxy groups -OCH3 is 1. The lowest BCUT2D eigenvalue weighted by Crippen LogP contribution is -2.09. The minimum atomic E-state index is 0.344. The molecule has 2 aromatic rings. The number of nitrogens with two attached hydrogens (primary N) is 1. The van der Waals surface area contributed by atoms with Gasteiger partial charge in [0.25, 0.3) is 0 Å². The molecule has 0 fully saturated rings. The number of nitrogens with zero attached hydrogens (tertiary/aromatic N) is 1. The quantitative estimate of drug-likeness (QED) is 0.780. The van der Waals surface area contributed by atoms with Gasteiger partial charge in [0.2, 0.25) is 0 Å². The Labute approximate surface area is 89.4 Å². The van der Waals surface area contributed by atoms with Gasteiger partial charge in [-0.05, 0) is 31.2 Å². The van der Waals surface area contributed by atoms with Crippen LogP contribution in [0.25, 0.3) is 10.9 Å². The van der Waals surface area contributed by atoms with E-state index in [1.807, 2.05) is 12.1 Å². The van der Waals surface area contributed by atoms with Crippen LogP contribution in [0.1, 0.15) is 13.0 Å². The van der Waals surface area contributed by atoms with Crippen LogP contribution in [0.4, 0.5) is 5.69 Å². The van der Waals surface area contributed by atoms with Crippen LogP contribution in [0.5, 0.6) is 0 Å². The largest absolute Gasteiger partial charge is 0.399 e. The molecule has 1 heterocycles. The average Bonchev–Trinajstić information content (AvgIpc) is 2.60. The second-order valence-corrected chi connectivity index (χ2v) is 3.85. The monoisotopic (exact) mass is 204 g/mol. The molecule has 3 heteroatoms. The zero-order chi connectivity index (χ0) is 10.8. The maximum Gasteiger partial charge on any atom is 0.0667 e. The van der Waals surface area contributed by atoms with Crippen molar-refractivity contribution in [1.29, 1.82) is 0 Å². The molecule has 15 heavy (non-hydrogen) atoms. The lowest BCUT2D eigenvalue weighted by molar-refractivity contribution is 0.164. The van der Waals surface area contributed by atoms with Crippen LogP contribution < -0.4 is 5.73 Å². The molecule has 2 rings (SSSR count). The zero-order valence-electron chi connectivity index (χ0n) is 9.10. The smallest absolute Gasteiger partial charge is 0.0667 e. The highest BCUT2D eigenvalue weighted by molar-refractivity contribution is 5.83. The Bertz CT molecular complexity index is 462. The van der Waals surface area contributed by atoms with Gasteiger partial charge in [0.05, 0.1) is 12.6 Å².